The monoisotopic (exact) mass is 392 g/mol. The van der Waals surface area contributed by atoms with Gasteiger partial charge < -0.3 is 14.8 Å². The fourth-order valence-corrected chi connectivity index (χ4v) is 3.71. The van der Waals surface area contributed by atoms with E-state index in [1.54, 1.807) is 24.3 Å². The molecule has 1 aliphatic rings. The summed E-state index contributed by atoms with van der Waals surface area (Å²) in [5.74, 6) is 0.270. The van der Waals surface area contributed by atoms with Crippen LogP contribution in [-0.4, -0.2) is 34.3 Å². The van der Waals surface area contributed by atoms with Crippen LogP contribution < -0.4 is 14.8 Å². The van der Waals surface area contributed by atoms with Gasteiger partial charge in [-0.3, -0.25) is 9.89 Å². The smallest absolute Gasteiger partial charge is 0.221 e. The minimum absolute atomic E-state index is 0.162. The van der Waals surface area contributed by atoms with E-state index >= 15 is 4.39 Å². The van der Waals surface area contributed by atoms with E-state index in [2.05, 4.69) is 20.5 Å². The lowest BCUT2D eigenvalue weighted by Crippen LogP contribution is -2.16. The van der Waals surface area contributed by atoms with E-state index in [0.717, 1.165) is 5.69 Å². The molecule has 0 fully saturated rings. The summed E-state index contributed by atoms with van der Waals surface area (Å²) in [5.41, 5.74) is 3.03. The van der Waals surface area contributed by atoms with E-state index in [4.69, 9.17) is 9.47 Å². The molecule has 1 amide bonds. The van der Waals surface area contributed by atoms with Gasteiger partial charge in [0.25, 0.3) is 0 Å². The lowest BCUT2D eigenvalue weighted by atomic mass is 9.99. The molecular weight excluding hydrogens is 375 g/mol. The Hall–Kier alpha value is -3.68. The van der Waals surface area contributed by atoms with Crippen molar-refractivity contribution >= 4 is 33.4 Å². The van der Waals surface area contributed by atoms with Crippen LogP contribution in [0.4, 0.5) is 10.1 Å². The molecule has 0 saturated carbocycles. The number of carbonyl (C=O) groups excluding carboxylic acids is 1. The van der Waals surface area contributed by atoms with E-state index in [1.807, 2.05) is 6.92 Å². The summed E-state index contributed by atoms with van der Waals surface area (Å²) in [6, 6.07) is 8.42. The van der Waals surface area contributed by atoms with Gasteiger partial charge >= 0.3 is 0 Å². The van der Waals surface area contributed by atoms with Crippen LogP contribution in [-0.2, 0) is 4.79 Å². The highest BCUT2D eigenvalue weighted by Crippen LogP contribution is 2.45. The molecule has 0 spiro atoms. The third-order valence-corrected chi connectivity index (χ3v) is 4.90. The number of carbonyl (C=O) groups is 1. The Morgan fingerprint density at radius 2 is 1.90 bits per heavy atom. The number of ether oxygens (including phenoxy) is 2. The van der Waals surface area contributed by atoms with Crippen LogP contribution in [0.15, 0.2) is 30.3 Å². The summed E-state index contributed by atoms with van der Waals surface area (Å²) in [4.78, 5) is 15.9. The van der Waals surface area contributed by atoms with Gasteiger partial charge in [-0.25, -0.2) is 9.37 Å². The van der Waals surface area contributed by atoms with Crippen LogP contribution in [0.2, 0.25) is 0 Å². The Morgan fingerprint density at radius 3 is 2.66 bits per heavy atom. The van der Waals surface area contributed by atoms with Crippen molar-refractivity contribution < 1.29 is 18.7 Å². The standard InChI is InChI=1S/C21H17FN4O3/c1-10-16-18-17(14(22)9-15-20(18)29-8-7-28-15)19(24-21(16)26-25-10)12-3-5-13(6-4-12)23-11(2)27/h3-6,9H,7-8H2,1-2H3,(H,23,27)(H,24,25,26). The van der Waals surface area contributed by atoms with Crippen molar-refractivity contribution in [1.82, 2.24) is 15.2 Å². The fraction of sp³-hybridized carbons (Fsp3) is 0.190. The molecule has 0 atom stereocenters. The summed E-state index contributed by atoms with van der Waals surface area (Å²) >= 11 is 0. The van der Waals surface area contributed by atoms with Crippen molar-refractivity contribution in [3.63, 3.8) is 0 Å². The number of nitrogens with zero attached hydrogens (tertiary/aromatic N) is 2. The van der Waals surface area contributed by atoms with Crippen molar-refractivity contribution in [3.05, 3.63) is 41.8 Å². The first-order chi connectivity index (χ1) is 14.0. The molecule has 0 bridgehead atoms. The van der Waals surface area contributed by atoms with Gasteiger partial charge in [-0.1, -0.05) is 12.1 Å². The van der Waals surface area contributed by atoms with E-state index < -0.39 is 5.82 Å². The summed E-state index contributed by atoms with van der Waals surface area (Å²) in [7, 11) is 0. The van der Waals surface area contributed by atoms with E-state index in [0.29, 0.717) is 63.5 Å². The maximum absolute atomic E-state index is 15.3. The van der Waals surface area contributed by atoms with Crippen LogP contribution in [0.1, 0.15) is 12.6 Å². The number of rotatable bonds is 2. The molecule has 3 heterocycles. The zero-order chi connectivity index (χ0) is 20.1. The molecule has 0 saturated heterocycles. The molecule has 4 aromatic rings. The predicted octanol–water partition coefficient (Wildman–Crippen LogP) is 3.96. The first-order valence-corrected chi connectivity index (χ1v) is 9.17. The maximum Gasteiger partial charge on any atom is 0.221 e. The number of anilines is 1. The number of hydrogen-bond donors (Lipinski definition) is 2. The summed E-state index contributed by atoms with van der Waals surface area (Å²) < 4.78 is 26.8. The highest BCUT2D eigenvalue weighted by Gasteiger charge is 2.25. The van der Waals surface area contributed by atoms with Gasteiger partial charge in [-0.05, 0) is 19.1 Å². The minimum atomic E-state index is -0.444. The molecule has 2 aromatic carbocycles. The number of fused-ring (bicyclic) bond motifs is 5. The van der Waals surface area contributed by atoms with Crippen molar-refractivity contribution in [1.29, 1.82) is 0 Å². The van der Waals surface area contributed by atoms with Crippen LogP contribution in [0, 0.1) is 12.7 Å². The molecule has 29 heavy (non-hydrogen) atoms. The zero-order valence-electron chi connectivity index (χ0n) is 15.8. The summed E-state index contributed by atoms with van der Waals surface area (Å²) in [6.45, 7) is 4.06. The molecule has 0 aliphatic carbocycles. The molecule has 5 rings (SSSR count). The summed E-state index contributed by atoms with van der Waals surface area (Å²) in [5, 5.41) is 11.6. The van der Waals surface area contributed by atoms with Gasteiger partial charge in [0, 0.05) is 40.7 Å². The number of hydrogen-bond acceptors (Lipinski definition) is 5. The van der Waals surface area contributed by atoms with Crippen molar-refractivity contribution in [2.45, 2.75) is 13.8 Å². The second-order valence-corrected chi connectivity index (χ2v) is 6.90. The quantitative estimate of drug-likeness (QED) is 0.539. The van der Waals surface area contributed by atoms with Crippen molar-refractivity contribution in [2.24, 2.45) is 0 Å². The van der Waals surface area contributed by atoms with Crippen molar-refractivity contribution in [3.8, 4) is 22.8 Å². The SMILES string of the molecule is CC(=O)Nc1ccc(-c2nc3n[nH]c(C)c3c3c4c(cc(F)c23)OCCO4)cc1. The third kappa shape index (κ3) is 2.75. The maximum atomic E-state index is 15.3. The number of nitrogens with one attached hydrogen (secondary N) is 2. The number of pyridine rings is 1. The number of aryl methyl sites for hydroxylation is 1. The average molecular weight is 392 g/mol. The molecule has 2 N–H and O–H groups in total. The van der Waals surface area contributed by atoms with Gasteiger partial charge in [0.1, 0.15) is 19.0 Å². The molecule has 0 radical (unpaired) electrons. The van der Waals surface area contributed by atoms with Crippen molar-refractivity contribution in [2.75, 3.05) is 18.5 Å². The van der Waals surface area contributed by atoms with Gasteiger partial charge in [-0.2, -0.15) is 5.10 Å². The Morgan fingerprint density at radius 1 is 1.14 bits per heavy atom. The van der Waals surface area contributed by atoms with Crippen LogP contribution in [0.3, 0.4) is 0 Å². The molecule has 1 aliphatic heterocycles. The third-order valence-electron chi connectivity index (χ3n) is 4.90. The zero-order valence-corrected chi connectivity index (χ0v) is 15.8. The Bertz CT molecular complexity index is 1280. The number of amides is 1. The Kier molecular flexibility index (Phi) is 3.87. The van der Waals surface area contributed by atoms with Crippen LogP contribution >= 0.6 is 0 Å². The minimum Gasteiger partial charge on any atom is -0.486 e. The lowest BCUT2D eigenvalue weighted by molar-refractivity contribution is -0.114. The molecule has 7 nitrogen and oxygen atoms in total. The first-order valence-electron chi connectivity index (χ1n) is 9.17. The molecular formula is C21H17FN4O3. The number of halogens is 1. The first kappa shape index (κ1) is 17.4. The van der Waals surface area contributed by atoms with E-state index in [-0.39, 0.29) is 5.91 Å². The van der Waals surface area contributed by atoms with Gasteiger partial charge in [0.2, 0.25) is 5.91 Å². The van der Waals surface area contributed by atoms with E-state index in [9.17, 15) is 4.79 Å². The number of aromatic nitrogens is 3. The second-order valence-electron chi connectivity index (χ2n) is 6.90. The number of benzene rings is 2. The summed E-state index contributed by atoms with van der Waals surface area (Å²) in [6.07, 6.45) is 0. The number of H-pyrrole nitrogens is 1. The topological polar surface area (TPSA) is 89.1 Å². The number of aromatic amines is 1. The lowest BCUT2D eigenvalue weighted by Gasteiger charge is -2.21. The highest BCUT2D eigenvalue weighted by molar-refractivity contribution is 6.15. The molecule has 2 aromatic heterocycles. The molecule has 146 valence electrons. The van der Waals surface area contributed by atoms with Gasteiger partial charge in [-0.15, -0.1) is 0 Å². The highest BCUT2D eigenvalue weighted by atomic mass is 19.1. The second kappa shape index (κ2) is 6.44. The molecule has 0 unspecified atom stereocenters. The van der Waals surface area contributed by atoms with Crippen LogP contribution in [0.5, 0.6) is 11.5 Å². The predicted molar refractivity (Wildman–Crippen MR) is 107 cm³/mol. The average Bonchev–Trinajstić information content (AvgIpc) is 3.08. The Labute approximate surface area is 164 Å². The Balaban J connectivity index is 1.83. The van der Waals surface area contributed by atoms with Gasteiger partial charge in [0.15, 0.2) is 17.1 Å². The van der Waals surface area contributed by atoms with Crippen LogP contribution in [0.25, 0.3) is 33.1 Å². The fourth-order valence-electron chi connectivity index (χ4n) is 3.71. The van der Waals surface area contributed by atoms with E-state index in [1.165, 1.54) is 13.0 Å². The van der Waals surface area contributed by atoms with Gasteiger partial charge in [0.05, 0.1) is 11.1 Å². The molecule has 8 heteroatoms. The largest absolute Gasteiger partial charge is 0.486 e. The normalized spacial score (nSPS) is 13.1.